The van der Waals surface area contributed by atoms with Gasteiger partial charge in [-0.15, -0.1) is 15.7 Å². The van der Waals surface area contributed by atoms with E-state index in [1.54, 1.807) is 19.2 Å². The van der Waals surface area contributed by atoms with Gasteiger partial charge in [-0.3, -0.25) is 0 Å². The molecule has 1 heterocycles. The number of nitrogens with two attached hydrogens (primary N) is 1. The van der Waals surface area contributed by atoms with E-state index in [1.165, 1.54) is 6.07 Å². The van der Waals surface area contributed by atoms with Gasteiger partial charge in [0.2, 0.25) is 0 Å². The van der Waals surface area contributed by atoms with E-state index in [-0.39, 0.29) is 9.77 Å². The van der Waals surface area contributed by atoms with Gasteiger partial charge in [0.25, 0.3) is 6.43 Å². The van der Waals surface area contributed by atoms with Crippen molar-refractivity contribution in [3.05, 3.63) is 44.8 Å². The Morgan fingerprint density at radius 3 is 2.23 bits per heavy atom. The molecule has 0 bridgehead atoms. The maximum absolute atomic E-state index is 13.8. The number of urea groups is 1. The Morgan fingerprint density at radius 1 is 1.19 bits per heavy atom. The molecule has 0 spiro atoms. The Hall–Kier alpha value is -1.88. The molecule has 6 nitrogen and oxygen atoms in total. The minimum Gasteiger partial charge on any atom is -0.386 e. The molecule has 4 N–H and O–H groups in total. The summed E-state index contributed by atoms with van der Waals surface area (Å²) in [5.41, 5.74) is 2.80. The maximum atomic E-state index is 13.8. The van der Waals surface area contributed by atoms with Gasteiger partial charge in [-0.1, -0.05) is 0 Å². The standard InChI is InChI=1S/C21H25F2N3O3S2/c1-21(2,28)11-9-16(30-10-11)31(24,29)26-20(27)25-18-14-7-3-5-12(14)17(19(22)23)13-6-4-8-15(13)18/h9-10,19,28H,3-8H2,1-2H3,(H3,24,25,26,27,29). The molecule has 0 fully saturated rings. The molecule has 1 atom stereocenters. The van der Waals surface area contributed by atoms with Crippen LogP contribution in [0, 0.1) is 0 Å². The number of benzene rings is 1. The number of aliphatic hydroxyl groups is 1. The number of fused-ring (bicyclic) bond motifs is 2. The molecular formula is C21H25F2N3O3S2. The predicted molar refractivity (Wildman–Crippen MR) is 117 cm³/mol. The molecule has 1 aromatic heterocycles. The van der Waals surface area contributed by atoms with Crippen LogP contribution >= 0.6 is 11.3 Å². The molecular weight excluding hydrogens is 444 g/mol. The molecule has 0 saturated heterocycles. The van der Waals surface area contributed by atoms with E-state index in [2.05, 4.69) is 9.68 Å². The first-order valence-electron chi connectivity index (χ1n) is 10.1. The summed E-state index contributed by atoms with van der Waals surface area (Å²) in [5.74, 6) is 0. The van der Waals surface area contributed by atoms with Crippen molar-refractivity contribution in [2.45, 2.75) is 68.6 Å². The van der Waals surface area contributed by atoms with Gasteiger partial charge in [0.05, 0.1) is 5.60 Å². The number of amides is 2. The molecule has 0 saturated carbocycles. The van der Waals surface area contributed by atoms with E-state index in [1.807, 2.05) is 0 Å². The Labute approximate surface area is 184 Å². The van der Waals surface area contributed by atoms with Gasteiger partial charge in [0, 0.05) is 11.3 Å². The molecule has 168 valence electrons. The molecule has 4 rings (SSSR count). The fourth-order valence-electron chi connectivity index (χ4n) is 4.50. The van der Waals surface area contributed by atoms with Crippen LogP contribution in [-0.4, -0.2) is 15.3 Å². The van der Waals surface area contributed by atoms with Gasteiger partial charge < -0.3 is 10.4 Å². The van der Waals surface area contributed by atoms with Gasteiger partial charge in [0.1, 0.15) is 4.21 Å². The normalized spacial score (nSPS) is 17.4. The quantitative estimate of drug-likeness (QED) is 0.598. The lowest BCUT2D eigenvalue weighted by Crippen LogP contribution is -2.19. The first kappa shape index (κ1) is 22.3. The third-order valence-corrected chi connectivity index (χ3v) is 8.79. The topological polar surface area (TPSA) is 105 Å². The lowest BCUT2D eigenvalue weighted by molar-refractivity contribution is 0.0789. The first-order chi connectivity index (χ1) is 14.5. The first-order valence-corrected chi connectivity index (χ1v) is 12.6. The number of thiophene rings is 1. The van der Waals surface area contributed by atoms with Crippen LogP contribution < -0.4 is 10.5 Å². The SMILES string of the molecule is CC(C)(O)c1csc(S(N)(=O)=NC(=O)Nc2c3c(c(C(F)F)c4c2CCC4)CCC3)c1. The molecule has 0 aliphatic heterocycles. The van der Waals surface area contributed by atoms with Crippen molar-refractivity contribution in [1.82, 2.24) is 0 Å². The van der Waals surface area contributed by atoms with Crippen LogP contribution in [0.5, 0.6) is 0 Å². The van der Waals surface area contributed by atoms with Crippen molar-refractivity contribution in [1.29, 1.82) is 0 Å². The number of carbonyl (C=O) groups is 1. The third-order valence-electron chi connectivity index (χ3n) is 5.93. The molecule has 1 aromatic carbocycles. The zero-order valence-electron chi connectivity index (χ0n) is 17.3. The van der Waals surface area contributed by atoms with Crippen LogP contribution in [0.4, 0.5) is 19.3 Å². The van der Waals surface area contributed by atoms with E-state index < -0.39 is 28.0 Å². The second kappa shape index (κ2) is 7.91. The van der Waals surface area contributed by atoms with Crippen LogP contribution in [0.1, 0.15) is 66.5 Å². The highest BCUT2D eigenvalue weighted by Gasteiger charge is 2.32. The molecule has 1 unspecified atom stereocenters. The summed E-state index contributed by atoms with van der Waals surface area (Å²) in [6.45, 7) is 3.18. The van der Waals surface area contributed by atoms with Gasteiger partial charge in [-0.25, -0.2) is 22.9 Å². The summed E-state index contributed by atoms with van der Waals surface area (Å²) in [4.78, 5) is 12.7. The molecule has 2 aromatic rings. The van der Waals surface area contributed by atoms with E-state index in [4.69, 9.17) is 5.14 Å². The maximum Gasteiger partial charge on any atom is 0.354 e. The van der Waals surface area contributed by atoms with E-state index in [0.717, 1.165) is 35.3 Å². The summed E-state index contributed by atoms with van der Waals surface area (Å²) in [7, 11) is -3.52. The smallest absolute Gasteiger partial charge is 0.354 e. The zero-order valence-corrected chi connectivity index (χ0v) is 19.0. The van der Waals surface area contributed by atoms with Crippen molar-refractivity contribution in [2.75, 3.05) is 5.32 Å². The van der Waals surface area contributed by atoms with E-state index >= 15 is 0 Å². The van der Waals surface area contributed by atoms with Crippen molar-refractivity contribution in [3.8, 4) is 0 Å². The Morgan fingerprint density at radius 2 is 1.74 bits per heavy atom. The Bertz CT molecular complexity index is 1140. The van der Waals surface area contributed by atoms with Gasteiger partial charge in [-0.05, 0) is 91.6 Å². The summed E-state index contributed by atoms with van der Waals surface area (Å²) in [6.07, 6.45) is 1.29. The molecule has 2 amide bonds. The zero-order chi connectivity index (χ0) is 22.6. The van der Waals surface area contributed by atoms with Crippen molar-refractivity contribution >= 4 is 33.0 Å². The second-order valence-electron chi connectivity index (χ2n) is 8.51. The third kappa shape index (κ3) is 4.13. The molecule has 0 radical (unpaired) electrons. The van der Waals surface area contributed by atoms with Crippen LogP contribution in [0.3, 0.4) is 0 Å². The van der Waals surface area contributed by atoms with Gasteiger partial charge in [-0.2, -0.15) is 0 Å². The average molecular weight is 470 g/mol. The highest BCUT2D eigenvalue weighted by molar-refractivity contribution is 7.93. The fraction of sp³-hybridized carbons (Fsp3) is 0.476. The number of halogens is 2. The minimum atomic E-state index is -3.52. The summed E-state index contributed by atoms with van der Waals surface area (Å²) in [6, 6.07) is 0.620. The van der Waals surface area contributed by atoms with Gasteiger partial charge in [0.15, 0.2) is 9.92 Å². The number of anilines is 1. The summed E-state index contributed by atoms with van der Waals surface area (Å²) in [5, 5.41) is 20.3. The van der Waals surface area contributed by atoms with E-state index in [0.29, 0.717) is 48.1 Å². The average Bonchev–Trinajstić information content (AvgIpc) is 3.40. The number of rotatable bonds is 4. The molecule has 2 aliphatic carbocycles. The predicted octanol–water partition coefficient (Wildman–Crippen LogP) is 4.82. The molecule has 10 heteroatoms. The molecule has 2 aliphatic rings. The summed E-state index contributed by atoms with van der Waals surface area (Å²) >= 11 is 1.06. The Kier molecular flexibility index (Phi) is 5.70. The lowest BCUT2D eigenvalue weighted by atomic mass is 9.92. The highest BCUT2D eigenvalue weighted by Crippen LogP contribution is 2.45. The largest absolute Gasteiger partial charge is 0.386 e. The van der Waals surface area contributed by atoms with Gasteiger partial charge >= 0.3 is 6.03 Å². The fourth-order valence-corrected chi connectivity index (χ4v) is 6.78. The number of nitrogens with zero attached hydrogens (tertiary/aromatic N) is 1. The second-order valence-corrected chi connectivity index (χ2v) is 11.4. The van der Waals surface area contributed by atoms with Crippen LogP contribution in [-0.2, 0) is 41.2 Å². The number of alkyl halides is 2. The van der Waals surface area contributed by atoms with Crippen molar-refractivity contribution in [2.24, 2.45) is 9.50 Å². The monoisotopic (exact) mass is 469 g/mol. The van der Waals surface area contributed by atoms with Crippen molar-refractivity contribution in [3.63, 3.8) is 0 Å². The minimum absolute atomic E-state index is 0.135. The number of nitrogens with one attached hydrogen (secondary N) is 1. The number of hydrogen-bond acceptors (Lipinski definition) is 4. The van der Waals surface area contributed by atoms with Crippen molar-refractivity contribution < 1.29 is 22.9 Å². The number of hydrogen-bond donors (Lipinski definition) is 3. The van der Waals surface area contributed by atoms with Crippen LogP contribution in [0.2, 0.25) is 0 Å². The molecule has 31 heavy (non-hydrogen) atoms. The lowest BCUT2D eigenvalue weighted by Gasteiger charge is -2.19. The van der Waals surface area contributed by atoms with Crippen LogP contribution in [0.15, 0.2) is 20.0 Å². The van der Waals surface area contributed by atoms with E-state index in [9.17, 15) is 22.9 Å². The highest BCUT2D eigenvalue weighted by atomic mass is 32.2. The summed E-state index contributed by atoms with van der Waals surface area (Å²) < 4.78 is 44.4. The Balaban J connectivity index is 1.70. The number of carbonyl (C=O) groups excluding carboxylic acids is 1. The van der Waals surface area contributed by atoms with Crippen LogP contribution in [0.25, 0.3) is 0 Å².